The number of benzene rings is 2. The van der Waals surface area contributed by atoms with Crippen molar-refractivity contribution < 1.29 is 28.6 Å². The van der Waals surface area contributed by atoms with Crippen LogP contribution in [0.1, 0.15) is 46.5 Å². The Morgan fingerprint density at radius 3 is 2.79 bits per heavy atom. The van der Waals surface area contributed by atoms with Crippen molar-refractivity contribution in [1.29, 1.82) is 5.26 Å². The first kappa shape index (κ1) is 24.5. The van der Waals surface area contributed by atoms with Gasteiger partial charge in [-0.3, -0.25) is 0 Å². The molecule has 1 atom stereocenters. The van der Waals surface area contributed by atoms with Gasteiger partial charge in [-0.2, -0.15) is 9.78 Å². The second kappa shape index (κ2) is 10.5. The maximum Gasteiger partial charge on any atom is 0.335 e. The van der Waals surface area contributed by atoms with Crippen LogP contribution in [0.15, 0.2) is 53.1 Å². The van der Waals surface area contributed by atoms with E-state index >= 15 is 0 Å². The van der Waals surface area contributed by atoms with Crippen LogP contribution in [0.5, 0.6) is 5.88 Å². The first-order valence-corrected chi connectivity index (χ1v) is 12.3. The van der Waals surface area contributed by atoms with Crippen molar-refractivity contribution >= 4 is 22.4 Å². The average molecular weight is 527 g/mol. The van der Waals surface area contributed by atoms with Crippen LogP contribution in [0, 0.1) is 11.3 Å². The molecule has 3 aromatic heterocycles. The minimum Gasteiger partial charge on any atom is -0.478 e. The molecule has 39 heavy (non-hydrogen) atoms. The molecule has 0 saturated carbocycles. The Morgan fingerprint density at radius 2 is 2.00 bits per heavy atom. The molecule has 4 heterocycles. The lowest BCUT2D eigenvalue weighted by Gasteiger charge is -2.21. The molecule has 12 nitrogen and oxygen atoms in total. The summed E-state index contributed by atoms with van der Waals surface area (Å²) in [4.78, 5) is 11.3. The predicted molar refractivity (Wildman–Crippen MR) is 135 cm³/mol. The van der Waals surface area contributed by atoms with Gasteiger partial charge in [0.15, 0.2) is 23.4 Å². The monoisotopic (exact) mass is 526 g/mol. The van der Waals surface area contributed by atoms with Crippen LogP contribution in [0.4, 0.5) is 0 Å². The summed E-state index contributed by atoms with van der Waals surface area (Å²) < 4.78 is 24.4. The van der Waals surface area contributed by atoms with Gasteiger partial charge in [0.2, 0.25) is 11.7 Å². The SMILES string of the molecule is N#Cc1cc(C(=O)O)ccc1COc1nn2c(-c3cc(COC4CCCCO4)on3)nnc2c2ccccc12. The fourth-order valence-corrected chi connectivity index (χ4v) is 4.41. The Morgan fingerprint density at radius 1 is 1.13 bits per heavy atom. The molecule has 0 radical (unpaired) electrons. The van der Waals surface area contributed by atoms with Crippen LogP contribution in [0.3, 0.4) is 0 Å². The second-order valence-electron chi connectivity index (χ2n) is 8.97. The molecule has 1 aliphatic rings. The maximum absolute atomic E-state index is 11.3. The second-order valence-corrected chi connectivity index (χ2v) is 8.97. The van der Waals surface area contributed by atoms with Gasteiger partial charge in [0, 0.05) is 29.0 Å². The van der Waals surface area contributed by atoms with Gasteiger partial charge in [-0.15, -0.1) is 15.3 Å². The van der Waals surface area contributed by atoms with Crippen LogP contribution >= 0.6 is 0 Å². The van der Waals surface area contributed by atoms with E-state index in [1.165, 1.54) is 16.6 Å². The number of hydrogen-bond acceptors (Lipinski definition) is 10. The zero-order valence-electron chi connectivity index (χ0n) is 20.6. The minimum absolute atomic E-state index is 0.00254. The van der Waals surface area contributed by atoms with Crippen LogP contribution in [0.25, 0.3) is 27.9 Å². The quantitative estimate of drug-likeness (QED) is 0.310. The molecular formula is C27H22N6O6. The summed E-state index contributed by atoms with van der Waals surface area (Å²) >= 11 is 0. The predicted octanol–water partition coefficient (Wildman–Crippen LogP) is 4.12. The number of aromatic nitrogens is 5. The molecule has 196 valence electrons. The molecule has 0 amide bonds. The van der Waals surface area contributed by atoms with Crippen LogP contribution < -0.4 is 4.74 Å². The molecule has 1 saturated heterocycles. The standard InChI is InChI=1S/C27H22N6O6/c28-13-18-11-16(27(34)35)8-9-17(18)14-38-26-21-6-2-1-5-20(21)24-29-30-25(33(24)31-26)22-12-19(39-32-22)15-37-23-7-3-4-10-36-23/h1-2,5-6,8-9,11-12,23H,3-4,7,10,14-15H2,(H,34,35). The molecule has 5 aromatic rings. The molecule has 0 aliphatic carbocycles. The molecule has 0 bridgehead atoms. The molecular weight excluding hydrogens is 504 g/mol. The van der Waals surface area contributed by atoms with Crippen LogP contribution in [0.2, 0.25) is 0 Å². The molecule has 6 rings (SSSR count). The lowest BCUT2D eigenvalue weighted by atomic mass is 10.1. The van der Waals surface area contributed by atoms with Gasteiger partial charge in [0.25, 0.3) is 0 Å². The summed E-state index contributed by atoms with van der Waals surface area (Å²) in [6, 6.07) is 15.5. The highest BCUT2D eigenvalue weighted by Crippen LogP contribution is 2.29. The van der Waals surface area contributed by atoms with Gasteiger partial charge in [-0.1, -0.05) is 29.4 Å². The highest BCUT2D eigenvalue weighted by atomic mass is 16.7. The van der Waals surface area contributed by atoms with Gasteiger partial charge in [0.1, 0.15) is 13.2 Å². The summed E-state index contributed by atoms with van der Waals surface area (Å²) in [5.74, 6) is 0.0454. The first-order chi connectivity index (χ1) is 19.1. The van der Waals surface area contributed by atoms with E-state index in [2.05, 4.69) is 20.5 Å². The van der Waals surface area contributed by atoms with E-state index < -0.39 is 5.97 Å². The van der Waals surface area contributed by atoms with Gasteiger partial charge in [0.05, 0.1) is 17.2 Å². The number of carboxylic acids is 1. The number of hydrogen-bond donors (Lipinski definition) is 1. The zero-order chi connectivity index (χ0) is 26.8. The number of ether oxygens (including phenoxy) is 3. The third-order valence-electron chi connectivity index (χ3n) is 6.41. The van der Waals surface area contributed by atoms with E-state index in [4.69, 9.17) is 18.7 Å². The number of carboxylic acid groups (broad SMARTS) is 1. The molecule has 1 N–H and O–H groups in total. The molecule has 2 aromatic carbocycles. The summed E-state index contributed by atoms with van der Waals surface area (Å²) in [7, 11) is 0. The van der Waals surface area contributed by atoms with E-state index in [0.29, 0.717) is 40.5 Å². The van der Waals surface area contributed by atoms with Crippen LogP contribution in [-0.4, -0.2) is 48.9 Å². The Balaban J connectivity index is 1.30. The lowest BCUT2D eigenvalue weighted by molar-refractivity contribution is -0.171. The summed E-state index contributed by atoms with van der Waals surface area (Å²) in [5, 5.41) is 37.6. The van der Waals surface area contributed by atoms with Gasteiger partial charge < -0.3 is 23.8 Å². The summed E-state index contributed by atoms with van der Waals surface area (Å²) in [6.07, 6.45) is 2.69. The lowest BCUT2D eigenvalue weighted by Crippen LogP contribution is -2.21. The molecule has 12 heteroatoms. The fourth-order valence-electron chi connectivity index (χ4n) is 4.41. The Hall–Kier alpha value is -4.86. The fraction of sp³-hybridized carbons (Fsp3) is 0.259. The van der Waals surface area contributed by atoms with Crippen molar-refractivity contribution in [2.75, 3.05) is 6.61 Å². The van der Waals surface area contributed by atoms with E-state index in [1.54, 1.807) is 12.1 Å². The normalized spacial score (nSPS) is 15.4. The smallest absolute Gasteiger partial charge is 0.335 e. The average Bonchev–Trinajstić information content (AvgIpc) is 3.62. The summed E-state index contributed by atoms with van der Waals surface area (Å²) in [5.41, 5.74) is 1.70. The first-order valence-electron chi connectivity index (χ1n) is 12.3. The number of nitriles is 1. The Labute approximate surface area is 221 Å². The van der Waals surface area contributed by atoms with Crippen molar-refractivity contribution in [3.05, 3.63) is 71.0 Å². The largest absolute Gasteiger partial charge is 0.478 e. The Kier molecular flexibility index (Phi) is 6.58. The van der Waals surface area contributed by atoms with Gasteiger partial charge >= 0.3 is 5.97 Å². The topological polar surface area (TPSA) is 158 Å². The number of aromatic carboxylic acids is 1. The van der Waals surface area contributed by atoms with E-state index in [1.807, 2.05) is 30.3 Å². The van der Waals surface area contributed by atoms with Gasteiger partial charge in [-0.05, 0) is 37.5 Å². The zero-order valence-corrected chi connectivity index (χ0v) is 20.6. The van der Waals surface area contributed by atoms with Crippen LogP contribution in [-0.2, 0) is 22.7 Å². The van der Waals surface area contributed by atoms with Crippen molar-refractivity contribution in [1.82, 2.24) is 25.0 Å². The molecule has 1 aliphatic heterocycles. The number of nitrogens with zero attached hydrogens (tertiary/aromatic N) is 6. The van der Waals surface area contributed by atoms with Gasteiger partial charge in [-0.25, -0.2) is 4.79 Å². The molecule has 1 fully saturated rings. The minimum atomic E-state index is -1.11. The summed E-state index contributed by atoms with van der Waals surface area (Å²) in [6.45, 7) is 0.895. The number of carbonyl (C=O) groups is 1. The van der Waals surface area contributed by atoms with Crippen molar-refractivity contribution in [3.63, 3.8) is 0 Å². The highest BCUT2D eigenvalue weighted by Gasteiger charge is 2.21. The van der Waals surface area contributed by atoms with Crippen molar-refractivity contribution in [2.24, 2.45) is 0 Å². The molecule has 0 spiro atoms. The maximum atomic E-state index is 11.3. The van der Waals surface area contributed by atoms with E-state index in [9.17, 15) is 15.2 Å². The number of fused-ring (bicyclic) bond motifs is 3. The molecule has 1 unspecified atom stereocenters. The third kappa shape index (κ3) is 4.88. The van der Waals surface area contributed by atoms with E-state index in [-0.39, 0.29) is 36.5 Å². The third-order valence-corrected chi connectivity index (χ3v) is 6.41. The van der Waals surface area contributed by atoms with Crippen molar-refractivity contribution in [2.45, 2.75) is 38.8 Å². The number of rotatable bonds is 8. The highest BCUT2D eigenvalue weighted by molar-refractivity contribution is 5.97. The van der Waals surface area contributed by atoms with Crippen molar-refractivity contribution in [3.8, 4) is 23.5 Å². The van der Waals surface area contributed by atoms with E-state index in [0.717, 1.165) is 24.6 Å². The Bertz CT molecular complexity index is 1720.